The fourth-order valence-electron chi connectivity index (χ4n) is 1.36. The molecule has 0 saturated carbocycles. The first-order valence-electron chi connectivity index (χ1n) is 5.13. The van der Waals surface area contributed by atoms with Crippen LogP contribution >= 0.6 is 15.9 Å². The largest absolute Gasteiger partial charge is 0.466 e. The molecule has 0 fully saturated rings. The number of alkyl halides is 2. The minimum atomic E-state index is -2.98. The number of hydrogen-bond acceptors (Lipinski definition) is 4. The summed E-state index contributed by atoms with van der Waals surface area (Å²) in [4.78, 5) is 11.4. The van der Waals surface area contributed by atoms with E-state index >= 15 is 0 Å². The highest BCUT2D eigenvalue weighted by Gasteiger charge is 2.17. The Balaban J connectivity index is 3.04. The number of esters is 1. The van der Waals surface area contributed by atoms with E-state index in [2.05, 4.69) is 20.7 Å². The molecule has 0 heterocycles. The van der Waals surface area contributed by atoms with Crippen molar-refractivity contribution in [3.8, 4) is 5.75 Å². The highest BCUT2D eigenvalue weighted by molar-refractivity contribution is 9.10. The number of benzene rings is 1. The molecule has 2 N–H and O–H groups in total. The van der Waals surface area contributed by atoms with Crippen molar-refractivity contribution in [2.45, 2.75) is 20.0 Å². The van der Waals surface area contributed by atoms with Crippen LogP contribution in [0.1, 0.15) is 12.5 Å². The standard InChI is InChI=1S/C11H12BrF2NO3/c1-2-17-9(16)5-6-8(18-11(13)14)4-3-7(12)10(6)15/h3-4,11H,2,5,15H2,1H3. The summed E-state index contributed by atoms with van der Waals surface area (Å²) in [6.45, 7) is -1.12. The number of nitrogens with two attached hydrogens (primary N) is 1. The van der Waals surface area contributed by atoms with Crippen LogP contribution in [0.25, 0.3) is 0 Å². The fraction of sp³-hybridized carbons (Fsp3) is 0.364. The zero-order valence-corrected chi connectivity index (χ0v) is 11.2. The van der Waals surface area contributed by atoms with Crippen LogP contribution in [0.4, 0.5) is 14.5 Å². The average Bonchev–Trinajstić information content (AvgIpc) is 2.28. The Bertz CT molecular complexity index is 441. The quantitative estimate of drug-likeness (QED) is 0.668. The normalized spacial score (nSPS) is 10.5. The Hall–Kier alpha value is -1.37. The zero-order chi connectivity index (χ0) is 13.7. The van der Waals surface area contributed by atoms with Gasteiger partial charge in [-0.05, 0) is 35.0 Å². The molecule has 0 atom stereocenters. The van der Waals surface area contributed by atoms with E-state index in [0.29, 0.717) is 4.47 Å². The number of nitrogen functional groups attached to an aromatic ring is 1. The summed E-state index contributed by atoms with van der Waals surface area (Å²) >= 11 is 3.16. The maximum atomic E-state index is 12.2. The van der Waals surface area contributed by atoms with Crippen LogP contribution in [0.5, 0.6) is 5.75 Å². The van der Waals surface area contributed by atoms with E-state index in [-0.39, 0.29) is 30.0 Å². The monoisotopic (exact) mass is 323 g/mol. The molecule has 0 aliphatic carbocycles. The average molecular weight is 324 g/mol. The van der Waals surface area contributed by atoms with Crippen LogP contribution in [0, 0.1) is 0 Å². The van der Waals surface area contributed by atoms with Crippen molar-refractivity contribution in [1.29, 1.82) is 0 Å². The molecule has 0 spiro atoms. The lowest BCUT2D eigenvalue weighted by Crippen LogP contribution is -2.12. The van der Waals surface area contributed by atoms with Crippen molar-refractivity contribution >= 4 is 27.6 Å². The summed E-state index contributed by atoms with van der Waals surface area (Å²) in [7, 11) is 0. The predicted molar refractivity (Wildman–Crippen MR) is 65.5 cm³/mol. The molecule has 0 radical (unpaired) electrons. The Morgan fingerprint density at radius 3 is 2.72 bits per heavy atom. The van der Waals surface area contributed by atoms with Crippen molar-refractivity contribution in [2.24, 2.45) is 0 Å². The SMILES string of the molecule is CCOC(=O)Cc1c(OC(F)F)ccc(Br)c1N. The fourth-order valence-corrected chi connectivity index (χ4v) is 1.73. The molecule has 7 heteroatoms. The van der Waals surface area contributed by atoms with E-state index in [1.54, 1.807) is 6.92 Å². The lowest BCUT2D eigenvalue weighted by atomic mass is 10.1. The topological polar surface area (TPSA) is 61.5 Å². The molecule has 1 aromatic rings. The summed E-state index contributed by atoms with van der Waals surface area (Å²) in [5.41, 5.74) is 6.09. The first-order chi connectivity index (χ1) is 8.45. The van der Waals surface area contributed by atoms with Crippen molar-refractivity contribution in [3.05, 3.63) is 22.2 Å². The van der Waals surface area contributed by atoms with Crippen LogP contribution < -0.4 is 10.5 Å². The highest BCUT2D eigenvalue weighted by Crippen LogP contribution is 2.32. The summed E-state index contributed by atoms with van der Waals surface area (Å²) in [6.07, 6.45) is -0.221. The van der Waals surface area contributed by atoms with Gasteiger partial charge in [0.25, 0.3) is 0 Å². The number of anilines is 1. The third-order valence-corrected chi connectivity index (χ3v) is 2.79. The molecule has 0 aromatic heterocycles. The molecule has 1 aromatic carbocycles. The predicted octanol–water partition coefficient (Wildman–Crippen LogP) is 2.74. The second-order valence-electron chi connectivity index (χ2n) is 3.30. The van der Waals surface area contributed by atoms with Crippen molar-refractivity contribution in [2.75, 3.05) is 12.3 Å². The van der Waals surface area contributed by atoms with Gasteiger partial charge in [-0.3, -0.25) is 4.79 Å². The summed E-state index contributed by atoms with van der Waals surface area (Å²) < 4.78 is 34.0. The molecular formula is C11H12BrF2NO3. The van der Waals surface area contributed by atoms with Crippen molar-refractivity contribution in [3.63, 3.8) is 0 Å². The molecule has 18 heavy (non-hydrogen) atoms. The van der Waals surface area contributed by atoms with Crippen molar-refractivity contribution < 1.29 is 23.0 Å². The Morgan fingerprint density at radius 2 is 2.17 bits per heavy atom. The Morgan fingerprint density at radius 1 is 1.50 bits per heavy atom. The van der Waals surface area contributed by atoms with Gasteiger partial charge in [0.15, 0.2) is 0 Å². The van der Waals surface area contributed by atoms with E-state index in [1.807, 2.05) is 0 Å². The number of carbonyl (C=O) groups is 1. The molecule has 4 nitrogen and oxygen atoms in total. The molecule has 0 amide bonds. The molecule has 0 aliphatic rings. The third kappa shape index (κ3) is 3.83. The Kier molecular flexibility index (Phi) is 5.33. The minimum absolute atomic E-state index is 0.126. The number of halogens is 3. The van der Waals surface area contributed by atoms with Crippen LogP contribution in [0.2, 0.25) is 0 Å². The molecule has 0 aliphatic heterocycles. The maximum absolute atomic E-state index is 12.2. The summed E-state index contributed by atoms with van der Waals surface area (Å²) in [5.74, 6) is -0.680. The number of ether oxygens (including phenoxy) is 2. The third-order valence-electron chi connectivity index (χ3n) is 2.10. The number of carbonyl (C=O) groups excluding carboxylic acids is 1. The van der Waals surface area contributed by atoms with Gasteiger partial charge in [-0.1, -0.05) is 0 Å². The van der Waals surface area contributed by atoms with Crippen LogP contribution in [0.3, 0.4) is 0 Å². The van der Waals surface area contributed by atoms with Gasteiger partial charge in [-0.2, -0.15) is 8.78 Å². The molecule has 0 unspecified atom stereocenters. The van der Waals surface area contributed by atoms with E-state index in [1.165, 1.54) is 12.1 Å². The first-order valence-corrected chi connectivity index (χ1v) is 5.92. The van der Waals surface area contributed by atoms with E-state index < -0.39 is 12.6 Å². The van der Waals surface area contributed by atoms with Crippen LogP contribution in [-0.4, -0.2) is 19.2 Å². The number of hydrogen-bond donors (Lipinski definition) is 1. The van der Waals surface area contributed by atoms with E-state index in [4.69, 9.17) is 10.5 Å². The van der Waals surface area contributed by atoms with Gasteiger partial charge in [-0.25, -0.2) is 0 Å². The summed E-state index contributed by atoms with van der Waals surface area (Å²) in [6, 6.07) is 2.79. The maximum Gasteiger partial charge on any atom is 0.387 e. The molecule has 0 bridgehead atoms. The summed E-state index contributed by atoms with van der Waals surface area (Å²) in [5, 5.41) is 0. The van der Waals surface area contributed by atoms with Gasteiger partial charge in [-0.15, -0.1) is 0 Å². The lowest BCUT2D eigenvalue weighted by molar-refractivity contribution is -0.142. The molecular weight excluding hydrogens is 312 g/mol. The Labute approximate surface area is 111 Å². The smallest absolute Gasteiger partial charge is 0.387 e. The van der Waals surface area contributed by atoms with Gasteiger partial charge in [0.2, 0.25) is 0 Å². The van der Waals surface area contributed by atoms with Gasteiger partial charge in [0.05, 0.1) is 18.7 Å². The second-order valence-corrected chi connectivity index (χ2v) is 4.15. The highest BCUT2D eigenvalue weighted by atomic mass is 79.9. The van der Waals surface area contributed by atoms with E-state index in [0.717, 1.165) is 0 Å². The van der Waals surface area contributed by atoms with Gasteiger partial charge < -0.3 is 15.2 Å². The van der Waals surface area contributed by atoms with E-state index in [9.17, 15) is 13.6 Å². The van der Waals surface area contributed by atoms with Crippen LogP contribution in [0.15, 0.2) is 16.6 Å². The lowest BCUT2D eigenvalue weighted by Gasteiger charge is -2.13. The van der Waals surface area contributed by atoms with Gasteiger partial charge in [0.1, 0.15) is 5.75 Å². The molecule has 0 saturated heterocycles. The van der Waals surface area contributed by atoms with Crippen molar-refractivity contribution in [1.82, 2.24) is 0 Å². The first kappa shape index (κ1) is 14.7. The van der Waals surface area contributed by atoms with Gasteiger partial charge >= 0.3 is 12.6 Å². The van der Waals surface area contributed by atoms with Crippen LogP contribution in [-0.2, 0) is 16.0 Å². The zero-order valence-electron chi connectivity index (χ0n) is 9.58. The number of rotatable bonds is 5. The molecule has 1 rings (SSSR count). The van der Waals surface area contributed by atoms with Gasteiger partial charge in [0, 0.05) is 10.0 Å². The molecule has 100 valence electrons. The second kappa shape index (κ2) is 6.53. The minimum Gasteiger partial charge on any atom is -0.466 e.